The Morgan fingerprint density at radius 3 is 1.95 bits per heavy atom. The van der Waals surface area contributed by atoms with Gasteiger partial charge >= 0.3 is 0 Å². The number of aromatic nitrogens is 2. The van der Waals surface area contributed by atoms with Crippen LogP contribution in [0.3, 0.4) is 0 Å². The van der Waals surface area contributed by atoms with Crippen LogP contribution in [0.2, 0.25) is 0 Å². The fourth-order valence-electron chi connectivity index (χ4n) is 8.77. The molecule has 5 heteroatoms. The predicted octanol–water partition coefficient (Wildman–Crippen LogP) is 12.0. The summed E-state index contributed by atoms with van der Waals surface area (Å²) in [4.78, 5) is 0. The van der Waals surface area contributed by atoms with Crippen LogP contribution >= 0.6 is 0 Å². The number of fused-ring (bicyclic) bond motifs is 6. The van der Waals surface area contributed by atoms with E-state index in [2.05, 4.69) is 130 Å². The van der Waals surface area contributed by atoms with Crippen molar-refractivity contribution in [2.45, 2.75) is 12.3 Å². The van der Waals surface area contributed by atoms with Crippen molar-refractivity contribution < 1.29 is 0 Å². The van der Waals surface area contributed by atoms with Crippen LogP contribution in [0.25, 0.3) is 72.4 Å². The average Bonchev–Trinajstić information content (AvgIpc) is 3.78. The van der Waals surface area contributed by atoms with E-state index in [1.165, 1.54) is 22.2 Å². The van der Waals surface area contributed by atoms with E-state index in [4.69, 9.17) is 0 Å². The second-order valence-corrected chi connectivity index (χ2v) is 14.2. The number of allylic oxidation sites excluding steroid dienone is 1. The molecule has 0 fully saturated rings. The van der Waals surface area contributed by atoms with Gasteiger partial charge in [0.1, 0.15) is 6.07 Å². The van der Waals surface area contributed by atoms with E-state index >= 15 is 0 Å². The summed E-state index contributed by atoms with van der Waals surface area (Å²) < 4.78 is 4.55. The Bertz CT molecular complexity index is 3210. The molecular weight excluding hydrogens is 683 g/mol. The number of para-hydroxylation sites is 3. The van der Waals surface area contributed by atoms with Gasteiger partial charge in [-0.05, 0) is 89.3 Å². The van der Waals surface area contributed by atoms with E-state index in [1.807, 2.05) is 66.7 Å². The van der Waals surface area contributed by atoms with Crippen molar-refractivity contribution in [1.82, 2.24) is 9.13 Å². The Hall–Kier alpha value is -7.91. The van der Waals surface area contributed by atoms with Crippen molar-refractivity contribution >= 4 is 38.8 Å². The van der Waals surface area contributed by atoms with E-state index in [1.54, 1.807) is 0 Å². The first-order chi connectivity index (χ1) is 27.7. The normalized spacial score (nSPS) is 13.3. The molecule has 56 heavy (non-hydrogen) atoms. The lowest BCUT2D eigenvalue weighted by Gasteiger charge is -2.24. The van der Waals surface area contributed by atoms with Crippen molar-refractivity contribution in [1.29, 1.82) is 15.8 Å². The summed E-state index contributed by atoms with van der Waals surface area (Å²) in [5.74, 6) is 0.0781. The molecule has 0 N–H and O–H groups in total. The second kappa shape index (κ2) is 13.2. The topological polar surface area (TPSA) is 81.2 Å². The third kappa shape index (κ3) is 5.06. The SMILES string of the molecule is N#Cc1ccc(-n2c3ccc(C#N)cc3c3cccc(-c4ccccc4-c4ccccc4C4C=Cc5c(n(-c6ccccc6C#N)c6ccccc56)C4)c32)cc1. The van der Waals surface area contributed by atoms with Gasteiger partial charge in [-0.1, -0.05) is 109 Å². The molecule has 9 aromatic rings. The molecule has 1 aliphatic carbocycles. The maximum absolute atomic E-state index is 10.1. The predicted molar refractivity (Wildman–Crippen MR) is 225 cm³/mol. The van der Waals surface area contributed by atoms with Crippen molar-refractivity contribution in [3.05, 3.63) is 197 Å². The molecule has 5 nitrogen and oxygen atoms in total. The van der Waals surface area contributed by atoms with Gasteiger partial charge in [-0.15, -0.1) is 0 Å². The van der Waals surface area contributed by atoms with Gasteiger partial charge in [-0.2, -0.15) is 15.8 Å². The number of hydrogen-bond acceptors (Lipinski definition) is 3. The standard InChI is InChI=1S/C51H31N5/c52-30-33-20-24-37(25-21-33)55-49-27-22-34(31-53)28-46(49)45-17-9-16-44(51(45)55)41-14-5-4-13-40(41)39-12-3-2-11-38(39)35-23-26-43-42-15-6-8-19-48(42)56(50(43)29-35)47-18-7-1-10-36(47)32-54/h1-28,35H,29H2. The molecule has 1 atom stereocenters. The van der Waals surface area contributed by atoms with Gasteiger partial charge < -0.3 is 9.13 Å². The van der Waals surface area contributed by atoms with Crippen LogP contribution in [0.1, 0.15) is 39.4 Å². The number of hydrogen-bond donors (Lipinski definition) is 0. The monoisotopic (exact) mass is 713 g/mol. The van der Waals surface area contributed by atoms with Crippen LogP contribution in [-0.2, 0) is 6.42 Å². The minimum Gasteiger partial charge on any atom is -0.312 e. The lowest BCUT2D eigenvalue weighted by atomic mass is 9.82. The molecule has 1 unspecified atom stereocenters. The zero-order valence-electron chi connectivity index (χ0n) is 30.2. The zero-order valence-corrected chi connectivity index (χ0v) is 30.2. The smallest absolute Gasteiger partial charge is 0.101 e. The summed E-state index contributed by atoms with van der Waals surface area (Å²) in [6.45, 7) is 0. The van der Waals surface area contributed by atoms with Gasteiger partial charge in [0.2, 0.25) is 0 Å². The molecule has 2 aromatic heterocycles. The maximum atomic E-state index is 10.1. The molecular formula is C51H31N5. The lowest BCUT2D eigenvalue weighted by Crippen LogP contribution is -2.11. The molecule has 7 aromatic carbocycles. The Morgan fingerprint density at radius 1 is 0.500 bits per heavy atom. The van der Waals surface area contributed by atoms with Crippen molar-refractivity contribution in [3.63, 3.8) is 0 Å². The lowest BCUT2D eigenvalue weighted by molar-refractivity contribution is 0.784. The summed E-state index contributed by atoms with van der Waals surface area (Å²) in [6.07, 6.45) is 5.38. The first kappa shape index (κ1) is 32.7. The molecule has 0 saturated heterocycles. The Kier molecular flexibility index (Phi) is 7.71. The molecule has 0 bridgehead atoms. The van der Waals surface area contributed by atoms with Crippen LogP contribution in [0.15, 0.2) is 164 Å². The molecule has 0 amide bonds. The highest BCUT2D eigenvalue weighted by Crippen LogP contribution is 2.45. The van der Waals surface area contributed by atoms with Gasteiger partial charge in [-0.3, -0.25) is 0 Å². The first-order valence-electron chi connectivity index (χ1n) is 18.6. The molecule has 260 valence electrons. The summed E-state index contributed by atoms with van der Waals surface area (Å²) in [5.41, 5.74) is 14.9. The van der Waals surface area contributed by atoms with Crippen molar-refractivity contribution in [2.24, 2.45) is 0 Å². The van der Waals surface area contributed by atoms with E-state index in [0.29, 0.717) is 16.7 Å². The Balaban J connectivity index is 1.16. The quantitative estimate of drug-likeness (QED) is 0.178. The maximum Gasteiger partial charge on any atom is 0.101 e. The minimum atomic E-state index is 0.0781. The van der Waals surface area contributed by atoms with E-state index in [9.17, 15) is 15.8 Å². The zero-order chi connectivity index (χ0) is 37.8. The van der Waals surface area contributed by atoms with Crippen LogP contribution in [0.4, 0.5) is 0 Å². The molecule has 0 spiro atoms. The third-order valence-electron chi connectivity index (χ3n) is 11.2. The van der Waals surface area contributed by atoms with E-state index in [-0.39, 0.29) is 5.92 Å². The van der Waals surface area contributed by atoms with Gasteiger partial charge in [-0.25, -0.2) is 0 Å². The number of nitrogens with zero attached hydrogens (tertiary/aromatic N) is 5. The third-order valence-corrected chi connectivity index (χ3v) is 11.2. The van der Waals surface area contributed by atoms with Crippen molar-refractivity contribution in [3.8, 4) is 51.8 Å². The first-order valence-corrected chi connectivity index (χ1v) is 18.6. The fourth-order valence-corrected chi connectivity index (χ4v) is 8.77. The summed E-state index contributed by atoms with van der Waals surface area (Å²) in [6, 6.07) is 60.7. The average molecular weight is 714 g/mol. The summed E-state index contributed by atoms with van der Waals surface area (Å²) >= 11 is 0. The highest BCUT2D eigenvalue weighted by atomic mass is 15.0. The van der Waals surface area contributed by atoms with E-state index in [0.717, 1.165) is 67.4 Å². The van der Waals surface area contributed by atoms with Crippen LogP contribution in [0, 0.1) is 34.0 Å². The number of rotatable bonds is 5. The highest BCUT2D eigenvalue weighted by molar-refractivity contribution is 6.15. The van der Waals surface area contributed by atoms with Gasteiger partial charge in [0, 0.05) is 44.6 Å². The summed E-state index contributed by atoms with van der Waals surface area (Å²) in [5, 5.41) is 32.8. The largest absolute Gasteiger partial charge is 0.312 e. The molecule has 0 saturated carbocycles. The van der Waals surface area contributed by atoms with Gasteiger partial charge in [0.15, 0.2) is 0 Å². The molecule has 2 heterocycles. The minimum absolute atomic E-state index is 0.0781. The Labute approximate surface area is 324 Å². The second-order valence-electron chi connectivity index (χ2n) is 14.2. The van der Waals surface area contributed by atoms with Gasteiger partial charge in [0.05, 0.1) is 51.1 Å². The Morgan fingerprint density at radius 2 is 1.14 bits per heavy atom. The molecule has 1 aliphatic rings. The molecule has 0 radical (unpaired) electrons. The van der Waals surface area contributed by atoms with Crippen LogP contribution in [-0.4, -0.2) is 9.13 Å². The van der Waals surface area contributed by atoms with E-state index < -0.39 is 0 Å². The molecule has 0 aliphatic heterocycles. The van der Waals surface area contributed by atoms with Crippen LogP contribution in [0.5, 0.6) is 0 Å². The highest BCUT2D eigenvalue weighted by Gasteiger charge is 2.27. The molecule has 10 rings (SSSR count). The van der Waals surface area contributed by atoms with Gasteiger partial charge in [0.25, 0.3) is 0 Å². The fraction of sp³-hybridized carbons (Fsp3) is 0.0392. The van der Waals surface area contributed by atoms with Crippen molar-refractivity contribution in [2.75, 3.05) is 0 Å². The van der Waals surface area contributed by atoms with Crippen LogP contribution < -0.4 is 0 Å². The number of nitriles is 3. The number of benzene rings is 7. The summed E-state index contributed by atoms with van der Waals surface area (Å²) in [7, 11) is 0.